The number of aliphatic hydroxyl groups excluding tert-OH is 1. The number of aryl methyl sites for hydroxylation is 1. The van der Waals surface area contributed by atoms with E-state index in [4.69, 9.17) is 15.0 Å². The Morgan fingerprint density at radius 2 is 2.03 bits per heavy atom. The first-order valence-corrected chi connectivity index (χ1v) is 12.2. The van der Waals surface area contributed by atoms with E-state index in [-0.39, 0.29) is 12.5 Å². The van der Waals surface area contributed by atoms with Crippen molar-refractivity contribution in [1.29, 1.82) is 0 Å². The minimum atomic E-state index is -2.92. The maximum atomic E-state index is 12.8. The largest absolute Gasteiger partial charge is 0.476 e. The number of anilines is 2. The van der Waals surface area contributed by atoms with Crippen molar-refractivity contribution in [3.63, 3.8) is 0 Å². The second-order valence-corrected chi connectivity index (χ2v) is 9.32. The van der Waals surface area contributed by atoms with Gasteiger partial charge in [-0.05, 0) is 67.2 Å². The van der Waals surface area contributed by atoms with Gasteiger partial charge in [0.25, 0.3) is 5.91 Å². The van der Waals surface area contributed by atoms with Gasteiger partial charge in [0, 0.05) is 34.5 Å². The van der Waals surface area contributed by atoms with E-state index < -0.39 is 9.71 Å². The molecular formula is C24H28N4O4S. The predicted molar refractivity (Wildman–Crippen MR) is 133 cm³/mol. The molecule has 174 valence electrons. The average Bonchev–Trinajstić information content (AvgIpc) is 2.79. The number of benzene rings is 2. The number of hydrogen-bond acceptors (Lipinski definition) is 6. The van der Waals surface area contributed by atoms with Gasteiger partial charge in [-0.15, -0.1) is 0 Å². The molecule has 1 aromatic heterocycles. The number of rotatable bonds is 9. The molecule has 0 aliphatic carbocycles. The van der Waals surface area contributed by atoms with E-state index in [9.17, 15) is 9.00 Å². The van der Waals surface area contributed by atoms with Crippen molar-refractivity contribution in [3.8, 4) is 17.0 Å². The molecular weight excluding hydrogens is 440 g/mol. The van der Waals surface area contributed by atoms with E-state index in [1.165, 1.54) is 6.07 Å². The van der Waals surface area contributed by atoms with Crippen molar-refractivity contribution in [2.45, 2.75) is 18.7 Å². The maximum absolute atomic E-state index is 12.8. The monoisotopic (exact) mass is 468 g/mol. The van der Waals surface area contributed by atoms with Crippen LogP contribution in [0, 0.1) is 6.92 Å². The fourth-order valence-electron chi connectivity index (χ4n) is 3.23. The first-order valence-electron chi connectivity index (χ1n) is 10.4. The summed E-state index contributed by atoms with van der Waals surface area (Å²) in [5, 5.41) is 20.8. The van der Waals surface area contributed by atoms with Crippen LogP contribution in [0.25, 0.3) is 11.1 Å². The summed E-state index contributed by atoms with van der Waals surface area (Å²) in [6.07, 6.45) is 1.71. The zero-order chi connectivity index (χ0) is 24.0. The second kappa shape index (κ2) is 10.5. The molecule has 2 aromatic carbocycles. The number of pyridine rings is 1. The number of carbonyl (C=O) groups is 1. The average molecular weight is 469 g/mol. The lowest BCUT2D eigenvalue weighted by molar-refractivity contribution is 0.102. The molecule has 8 nitrogen and oxygen atoms in total. The van der Waals surface area contributed by atoms with E-state index in [2.05, 4.69) is 21.5 Å². The van der Waals surface area contributed by atoms with Gasteiger partial charge in [0.15, 0.2) is 0 Å². The first kappa shape index (κ1) is 24.2. The third-order valence-electron chi connectivity index (χ3n) is 4.86. The van der Waals surface area contributed by atoms with Crippen LogP contribution in [0.2, 0.25) is 0 Å². The van der Waals surface area contributed by atoms with Crippen molar-refractivity contribution in [2.24, 2.45) is 5.14 Å². The number of carbonyl (C=O) groups excluding carboxylic acids is 1. The number of amides is 1. The Balaban J connectivity index is 1.90. The molecule has 3 rings (SSSR count). The van der Waals surface area contributed by atoms with Gasteiger partial charge in [-0.2, -0.15) is 0 Å². The van der Waals surface area contributed by atoms with Crippen molar-refractivity contribution < 1.29 is 18.8 Å². The van der Waals surface area contributed by atoms with Crippen LogP contribution in [0.4, 0.5) is 11.4 Å². The van der Waals surface area contributed by atoms with Crippen molar-refractivity contribution in [3.05, 3.63) is 65.9 Å². The Hall–Kier alpha value is -3.40. The number of hydrogen-bond donors (Lipinski definition) is 4. The minimum absolute atomic E-state index is 0.0231. The Kier molecular flexibility index (Phi) is 7.70. The molecule has 9 heteroatoms. The molecule has 1 heterocycles. The summed E-state index contributed by atoms with van der Waals surface area (Å²) in [6, 6.07) is 13.8. The standard InChI is InChI=1S/C24H28N4O4S/c1-4-32-24-22(26-10-11-29)13-18(15-27-24)21-14-19(9-8-16(21)2)28-23(30)17-6-5-7-20(12-17)33(3,25)31/h5-9,12-15,26,29H,3-4,10-11H2,1-2H3,(H2,25,31)(H,28,30). The van der Waals surface area contributed by atoms with Gasteiger partial charge in [-0.25, -0.2) is 9.19 Å². The number of aromatic nitrogens is 1. The Bertz CT molecular complexity index is 1260. The molecule has 0 bridgehead atoms. The molecule has 5 N–H and O–H groups in total. The number of nitrogens with one attached hydrogen (secondary N) is 2. The predicted octanol–water partition coefficient (Wildman–Crippen LogP) is 3.06. The molecule has 0 saturated heterocycles. The fraction of sp³-hybridized carbons (Fsp3) is 0.208. The molecule has 33 heavy (non-hydrogen) atoms. The number of nitrogens with two attached hydrogens (primary N) is 1. The SMILES string of the molecule is C=S(N)(=O)c1cccc(C(=O)Nc2ccc(C)c(-c3cnc(OCC)c(NCCO)c3)c2)c1. The van der Waals surface area contributed by atoms with Gasteiger partial charge < -0.3 is 20.5 Å². The van der Waals surface area contributed by atoms with E-state index in [1.807, 2.05) is 32.0 Å². The van der Waals surface area contributed by atoms with Crippen LogP contribution in [0.3, 0.4) is 0 Å². The van der Waals surface area contributed by atoms with Crippen LogP contribution >= 0.6 is 0 Å². The minimum Gasteiger partial charge on any atom is -0.476 e. The summed E-state index contributed by atoms with van der Waals surface area (Å²) >= 11 is 0. The van der Waals surface area contributed by atoms with E-state index in [1.54, 1.807) is 30.5 Å². The molecule has 1 atom stereocenters. The van der Waals surface area contributed by atoms with Crippen LogP contribution in [0.5, 0.6) is 5.88 Å². The molecule has 0 spiro atoms. The topological polar surface area (TPSA) is 127 Å². The van der Waals surface area contributed by atoms with E-state index in [0.717, 1.165) is 16.7 Å². The highest BCUT2D eigenvalue weighted by atomic mass is 32.2. The highest BCUT2D eigenvalue weighted by Crippen LogP contribution is 2.32. The van der Waals surface area contributed by atoms with Crippen LogP contribution in [0.1, 0.15) is 22.8 Å². The zero-order valence-corrected chi connectivity index (χ0v) is 19.4. The molecule has 0 fully saturated rings. The van der Waals surface area contributed by atoms with Gasteiger partial charge in [0.05, 0.1) is 28.6 Å². The molecule has 0 saturated carbocycles. The lowest BCUT2D eigenvalue weighted by Gasteiger charge is -2.15. The highest BCUT2D eigenvalue weighted by Gasteiger charge is 2.13. The Morgan fingerprint density at radius 1 is 1.24 bits per heavy atom. The van der Waals surface area contributed by atoms with Crippen LogP contribution in [-0.4, -0.2) is 45.8 Å². The number of nitrogens with zero attached hydrogens (tertiary/aromatic N) is 1. The Labute approximate surface area is 194 Å². The van der Waals surface area contributed by atoms with Gasteiger partial charge >= 0.3 is 0 Å². The molecule has 0 aliphatic heterocycles. The van der Waals surface area contributed by atoms with E-state index in [0.29, 0.717) is 40.9 Å². The molecule has 3 aromatic rings. The van der Waals surface area contributed by atoms with Crippen molar-refractivity contribution in [1.82, 2.24) is 4.98 Å². The van der Waals surface area contributed by atoms with Crippen molar-refractivity contribution >= 4 is 32.9 Å². The van der Waals surface area contributed by atoms with Crippen LogP contribution in [-0.2, 0) is 9.71 Å². The van der Waals surface area contributed by atoms with Crippen molar-refractivity contribution in [2.75, 3.05) is 30.4 Å². The summed E-state index contributed by atoms with van der Waals surface area (Å²) < 4.78 is 17.6. The zero-order valence-electron chi connectivity index (χ0n) is 18.6. The summed E-state index contributed by atoms with van der Waals surface area (Å²) in [5.74, 6) is 3.56. The van der Waals surface area contributed by atoms with Gasteiger partial charge in [-0.3, -0.25) is 9.93 Å². The smallest absolute Gasteiger partial charge is 0.255 e. The summed E-state index contributed by atoms with van der Waals surface area (Å²) in [7, 11) is -2.92. The fourth-order valence-corrected chi connectivity index (χ4v) is 3.87. The third kappa shape index (κ3) is 6.10. The molecule has 0 aliphatic rings. The highest BCUT2D eigenvalue weighted by molar-refractivity contribution is 7.98. The normalized spacial score (nSPS) is 12.6. The van der Waals surface area contributed by atoms with Gasteiger partial charge in [0.1, 0.15) is 0 Å². The van der Waals surface area contributed by atoms with E-state index >= 15 is 0 Å². The molecule has 0 radical (unpaired) electrons. The third-order valence-corrected chi connectivity index (χ3v) is 5.91. The summed E-state index contributed by atoms with van der Waals surface area (Å²) in [6.45, 7) is 4.65. The Morgan fingerprint density at radius 3 is 2.73 bits per heavy atom. The van der Waals surface area contributed by atoms with Gasteiger partial charge in [-0.1, -0.05) is 12.1 Å². The summed E-state index contributed by atoms with van der Waals surface area (Å²) in [4.78, 5) is 17.5. The molecule has 1 amide bonds. The second-order valence-electron chi connectivity index (χ2n) is 7.40. The summed E-state index contributed by atoms with van der Waals surface area (Å²) in [5.41, 5.74) is 4.30. The maximum Gasteiger partial charge on any atom is 0.255 e. The number of ether oxygens (including phenoxy) is 1. The molecule has 1 unspecified atom stereocenters. The quantitative estimate of drug-likeness (QED) is 0.358. The first-order chi connectivity index (χ1) is 15.7. The number of aliphatic hydroxyl groups is 1. The van der Waals surface area contributed by atoms with Gasteiger partial charge in [0.2, 0.25) is 5.88 Å². The van der Waals surface area contributed by atoms with Crippen LogP contribution in [0.15, 0.2) is 59.6 Å². The lowest BCUT2D eigenvalue weighted by Crippen LogP contribution is -2.15. The van der Waals surface area contributed by atoms with Crippen LogP contribution < -0.4 is 20.5 Å². The lowest BCUT2D eigenvalue weighted by atomic mass is 10.0.